The molecule has 0 aliphatic carbocycles. The van der Waals surface area contributed by atoms with Crippen molar-refractivity contribution in [2.24, 2.45) is 5.73 Å². The highest BCUT2D eigenvalue weighted by Crippen LogP contribution is 2.25. The van der Waals surface area contributed by atoms with Gasteiger partial charge >= 0.3 is 0 Å². The van der Waals surface area contributed by atoms with E-state index in [1.54, 1.807) is 30.5 Å². The molecule has 1 aromatic carbocycles. The monoisotopic (exact) mass is 330 g/mol. The van der Waals surface area contributed by atoms with Crippen LogP contribution in [0, 0.1) is 0 Å². The van der Waals surface area contributed by atoms with Crippen LogP contribution in [-0.2, 0) is 16.4 Å². The number of hydrogen-bond donors (Lipinski definition) is 2. The van der Waals surface area contributed by atoms with Gasteiger partial charge in [0.05, 0.1) is 16.0 Å². The summed E-state index contributed by atoms with van der Waals surface area (Å²) in [5.74, 6) is 0. The number of nitrogens with zero attached hydrogens (tertiary/aromatic N) is 2. The number of H-pyrrole nitrogens is 1. The fraction of sp³-hybridized carbons (Fsp3) is 0.133. The number of hydrogen-bond acceptors (Lipinski definition) is 6. The van der Waals surface area contributed by atoms with E-state index in [2.05, 4.69) is 15.2 Å². The zero-order chi connectivity index (χ0) is 16.6. The molecule has 0 aliphatic heterocycles. The SMILES string of the molecule is CS(=O)(=O)c1cncc(-c2ccc3c(=O)[nH]nc(CN)c3c2)c1. The number of rotatable bonds is 3. The van der Waals surface area contributed by atoms with Crippen LogP contribution in [-0.4, -0.2) is 29.9 Å². The smallest absolute Gasteiger partial charge is 0.272 e. The van der Waals surface area contributed by atoms with Gasteiger partial charge in [0.25, 0.3) is 5.56 Å². The van der Waals surface area contributed by atoms with Crippen molar-refractivity contribution in [2.45, 2.75) is 11.4 Å². The Kier molecular flexibility index (Phi) is 3.70. The minimum Gasteiger partial charge on any atom is -0.325 e. The molecular weight excluding hydrogens is 316 g/mol. The molecule has 0 amide bonds. The van der Waals surface area contributed by atoms with Crippen LogP contribution in [0.2, 0.25) is 0 Å². The van der Waals surface area contributed by atoms with E-state index in [9.17, 15) is 13.2 Å². The van der Waals surface area contributed by atoms with Crippen molar-refractivity contribution in [3.8, 4) is 11.1 Å². The molecule has 23 heavy (non-hydrogen) atoms. The first-order chi connectivity index (χ1) is 10.9. The summed E-state index contributed by atoms with van der Waals surface area (Å²) in [6.07, 6.45) is 4.00. The number of fused-ring (bicyclic) bond motifs is 1. The minimum absolute atomic E-state index is 0.137. The second kappa shape index (κ2) is 5.56. The summed E-state index contributed by atoms with van der Waals surface area (Å²) in [5, 5.41) is 7.47. The van der Waals surface area contributed by atoms with Gasteiger partial charge in [-0.25, -0.2) is 13.5 Å². The van der Waals surface area contributed by atoms with Crippen molar-refractivity contribution in [3.05, 3.63) is 52.7 Å². The average molecular weight is 330 g/mol. The first kappa shape index (κ1) is 15.3. The normalized spacial score (nSPS) is 11.7. The predicted molar refractivity (Wildman–Crippen MR) is 86.6 cm³/mol. The standard InChI is InChI=1S/C15H14N4O3S/c1-23(21,22)11-4-10(7-17-8-11)9-2-3-12-13(5-9)14(6-16)18-19-15(12)20/h2-5,7-8H,6,16H2,1H3,(H,19,20). The van der Waals surface area contributed by atoms with Gasteiger partial charge in [-0.3, -0.25) is 9.78 Å². The molecule has 8 heteroatoms. The van der Waals surface area contributed by atoms with E-state index in [4.69, 9.17) is 5.73 Å². The fourth-order valence-electron chi connectivity index (χ4n) is 2.33. The molecule has 0 fully saturated rings. The van der Waals surface area contributed by atoms with E-state index < -0.39 is 9.84 Å². The Morgan fingerprint density at radius 2 is 1.91 bits per heavy atom. The maximum atomic E-state index is 11.8. The van der Waals surface area contributed by atoms with E-state index in [0.29, 0.717) is 22.0 Å². The van der Waals surface area contributed by atoms with Crippen LogP contribution < -0.4 is 11.3 Å². The molecule has 0 bridgehead atoms. The Morgan fingerprint density at radius 1 is 1.13 bits per heavy atom. The average Bonchev–Trinajstić information content (AvgIpc) is 2.54. The number of nitrogens with two attached hydrogens (primary N) is 1. The number of sulfone groups is 1. The first-order valence-corrected chi connectivity index (χ1v) is 8.66. The van der Waals surface area contributed by atoms with Gasteiger partial charge < -0.3 is 5.73 Å². The van der Waals surface area contributed by atoms with E-state index in [-0.39, 0.29) is 17.0 Å². The predicted octanol–water partition coefficient (Wildman–Crippen LogP) is 0.847. The molecule has 0 unspecified atom stereocenters. The topological polar surface area (TPSA) is 119 Å². The summed E-state index contributed by atoms with van der Waals surface area (Å²) in [4.78, 5) is 15.9. The van der Waals surface area contributed by atoms with Crippen molar-refractivity contribution >= 4 is 20.6 Å². The Morgan fingerprint density at radius 3 is 2.61 bits per heavy atom. The molecule has 3 rings (SSSR count). The molecule has 3 aromatic rings. The zero-order valence-corrected chi connectivity index (χ0v) is 13.1. The van der Waals surface area contributed by atoms with Gasteiger partial charge in [-0.2, -0.15) is 5.10 Å². The van der Waals surface area contributed by atoms with Gasteiger partial charge in [-0.1, -0.05) is 6.07 Å². The highest BCUT2D eigenvalue weighted by molar-refractivity contribution is 7.90. The molecular formula is C15H14N4O3S. The molecule has 2 aromatic heterocycles. The summed E-state index contributed by atoms with van der Waals surface area (Å²) >= 11 is 0. The Balaban J connectivity index is 2.24. The highest BCUT2D eigenvalue weighted by atomic mass is 32.2. The third-order valence-corrected chi connectivity index (χ3v) is 4.62. The van der Waals surface area contributed by atoms with Crippen molar-refractivity contribution in [3.63, 3.8) is 0 Å². The molecule has 0 atom stereocenters. The van der Waals surface area contributed by atoms with Gasteiger partial charge in [0.1, 0.15) is 0 Å². The van der Waals surface area contributed by atoms with Crippen LogP contribution in [0.1, 0.15) is 5.69 Å². The van der Waals surface area contributed by atoms with Crippen LogP contribution in [0.15, 0.2) is 46.3 Å². The summed E-state index contributed by atoms with van der Waals surface area (Å²) in [6.45, 7) is 0.179. The number of nitrogens with one attached hydrogen (secondary N) is 1. The molecule has 2 heterocycles. The van der Waals surface area contributed by atoms with Crippen LogP contribution in [0.25, 0.3) is 21.9 Å². The number of aromatic nitrogens is 3. The molecule has 0 saturated heterocycles. The van der Waals surface area contributed by atoms with Crippen LogP contribution in [0.3, 0.4) is 0 Å². The third-order valence-electron chi connectivity index (χ3n) is 3.54. The summed E-state index contributed by atoms with van der Waals surface area (Å²) < 4.78 is 23.3. The summed E-state index contributed by atoms with van der Waals surface area (Å²) in [7, 11) is -3.35. The lowest BCUT2D eigenvalue weighted by Crippen LogP contribution is -2.13. The van der Waals surface area contributed by atoms with Gasteiger partial charge in [-0.05, 0) is 23.8 Å². The molecule has 0 radical (unpaired) electrons. The van der Waals surface area contributed by atoms with Crippen LogP contribution >= 0.6 is 0 Å². The molecule has 0 aliphatic rings. The first-order valence-electron chi connectivity index (χ1n) is 6.77. The number of pyridine rings is 1. The van der Waals surface area contributed by atoms with Gasteiger partial charge in [0, 0.05) is 36.1 Å². The van der Waals surface area contributed by atoms with E-state index in [1.165, 1.54) is 6.20 Å². The lowest BCUT2D eigenvalue weighted by molar-refractivity contribution is 0.601. The van der Waals surface area contributed by atoms with E-state index >= 15 is 0 Å². The van der Waals surface area contributed by atoms with Crippen molar-refractivity contribution < 1.29 is 8.42 Å². The maximum Gasteiger partial charge on any atom is 0.272 e. The zero-order valence-electron chi connectivity index (χ0n) is 12.3. The van der Waals surface area contributed by atoms with Crippen LogP contribution in [0.5, 0.6) is 0 Å². The van der Waals surface area contributed by atoms with Crippen molar-refractivity contribution in [1.82, 2.24) is 15.2 Å². The molecule has 0 spiro atoms. The largest absolute Gasteiger partial charge is 0.325 e. The van der Waals surface area contributed by atoms with Crippen molar-refractivity contribution in [1.29, 1.82) is 0 Å². The van der Waals surface area contributed by atoms with Gasteiger partial charge in [0.2, 0.25) is 0 Å². The second-order valence-electron chi connectivity index (χ2n) is 5.15. The molecule has 3 N–H and O–H groups in total. The van der Waals surface area contributed by atoms with Crippen LogP contribution in [0.4, 0.5) is 0 Å². The van der Waals surface area contributed by atoms with Gasteiger partial charge in [0.15, 0.2) is 9.84 Å². The minimum atomic E-state index is -3.35. The summed E-state index contributed by atoms with van der Waals surface area (Å²) in [5.41, 5.74) is 7.30. The maximum absolute atomic E-state index is 11.8. The molecule has 7 nitrogen and oxygen atoms in total. The number of benzene rings is 1. The lowest BCUT2D eigenvalue weighted by Gasteiger charge is -2.07. The van der Waals surface area contributed by atoms with E-state index in [1.807, 2.05) is 0 Å². The highest BCUT2D eigenvalue weighted by Gasteiger charge is 2.11. The van der Waals surface area contributed by atoms with Gasteiger partial charge in [-0.15, -0.1) is 0 Å². The second-order valence-corrected chi connectivity index (χ2v) is 7.16. The van der Waals surface area contributed by atoms with Crippen molar-refractivity contribution in [2.75, 3.05) is 6.26 Å². The molecule has 0 saturated carbocycles. The lowest BCUT2D eigenvalue weighted by atomic mass is 10.0. The quantitative estimate of drug-likeness (QED) is 0.735. The molecule has 118 valence electrons. The Bertz CT molecular complexity index is 1060. The fourth-order valence-corrected chi connectivity index (χ4v) is 2.93. The Labute approximate surface area is 132 Å². The Hall–Kier alpha value is -2.58. The number of aromatic amines is 1. The summed E-state index contributed by atoms with van der Waals surface area (Å²) in [6, 6.07) is 6.72. The van der Waals surface area contributed by atoms with E-state index in [0.717, 1.165) is 11.8 Å². The third kappa shape index (κ3) is 2.86.